The standard InChI is InChI=1S/C6H12F2N2/c7-6(8)5(10-9)4-2-1-3-4/h4-6,10H,1-3,9H2. The van der Waals surface area contributed by atoms with Crippen LogP contribution in [-0.4, -0.2) is 12.5 Å². The van der Waals surface area contributed by atoms with Gasteiger partial charge in [0, 0.05) is 0 Å². The van der Waals surface area contributed by atoms with Gasteiger partial charge in [0.1, 0.15) is 0 Å². The van der Waals surface area contributed by atoms with Crippen molar-refractivity contribution < 1.29 is 8.78 Å². The summed E-state index contributed by atoms with van der Waals surface area (Å²) in [5.41, 5.74) is 2.15. The first kappa shape index (κ1) is 7.88. The maximum atomic E-state index is 12.0. The van der Waals surface area contributed by atoms with E-state index in [9.17, 15) is 8.78 Å². The molecule has 1 aliphatic carbocycles. The number of rotatable bonds is 3. The Morgan fingerprint density at radius 3 is 2.10 bits per heavy atom. The van der Waals surface area contributed by atoms with Crippen molar-refractivity contribution in [3.8, 4) is 0 Å². The van der Waals surface area contributed by atoms with Crippen LogP contribution in [-0.2, 0) is 0 Å². The van der Waals surface area contributed by atoms with Crippen molar-refractivity contribution in [2.75, 3.05) is 0 Å². The number of halogens is 2. The van der Waals surface area contributed by atoms with E-state index < -0.39 is 12.5 Å². The molecule has 1 aliphatic rings. The molecule has 3 N–H and O–H groups in total. The summed E-state index contributed by atoms with van der Waals surface area (Å²) in [6.07, 6.45) is 0.517. The summed E-state index contributed by atoms with van der Waals surface area (Å²) in [6, 6.07) is -0.784. The summed E-state index contributed by atoms with van der Waals surface area (Å²) in [7, 11) is 0. The fraction of sp³-hybridized carbons (Fsp3) is 1.00. The summed E-state index contributed by atoms with van der Waals surface area (Å²) < 4.78 is 24.1. The highest BCUT2D eigenvalue weighted by atomic mass is 19.3. The third-order valence-corrected chi connectivity index (χ3v) is 2.12. The Bertz CT molecular complexity index is 104. The molecule has 60 valence electrons. The molecule has 1 saturated carbocycles. The average molecular weight is 150 g/mol. The molecule has 0 heterocycles. The number of nitrogens with two attached hydrogens (primary N) is 1. The topological polar surface area (TPSA) is 38.0 Å². The zero-order valence-electron chi connectivity index (χ0n) is 5.69. The van der Waals surface area contributed by atoms with Crippen LogP contribution in [0.1, 0.15) is 19.3 Å². The fourth-order valence-corrected chi connectivity index (χ4v) is 1.21. The van der Waals surface area contributed by atoms with Crippen molar-refractivity contribution in [3.05, 3.63) is 0 Å². The monoisotopic (exact) mass is 150 g/mol. The van der Waals surface area contributed by atoms with Crippen molar-refractivity contribution in [3.63, 3.8) is 0 Å². The minimum Gasteiger partial charge on any atom is -0.271 e. The van der Waals surface area contributed by atoms with Crippen LogP contribution in [0.15, 0.2) is 0 Å². The molecule has 0 radical (unpaired) electrons. The van der Waals surface area contributed by atoms with Gasteiger partial charge >= 0.3 is 0 Å². The lowest BCUT2D eigenvalue weighted by Gasteiger charge is -2.32. The van der Waals surface area contributed by atoms with E-state index in [-0.39, 0.29) is 5.92 Å². The van der Waals surface area contributed by atoms with Crippen molar-refractivity contribution >= 4 is 0 Å². The van der Waals surface area contributed by atoms with Gasteiger partial charge in [0.15, 0.2) is 0 Å². The highest BCUT2D eigenvalue weighted by Gasteiger charge is 2.32. The Hall–Kier alpha value is -0.220. The van der Waals surface area contributed by atoms with Crippen molar-refractivity contribution in [2.24, 2.45) is 11.8 Å². The van der Waals surface area contributed by atoms with Crippen molar-refractivity contribution in [1.29, 1.82) is 0 Å². The number of hydrazine groups is 1. The van der Waals surface area contributed by atoms with Gasteiger partial charge in [0.25, 0.3) is 6.43 Å². The average Bonchev–Trinajstić information content (AvgIpc) is 1.76. The molecule has 10 heavy (non-hydrogen) atoms. The molecule has 1 atom stereocenters. The highest BCUT2D eigenvalue weighted by Crippen LogP contribution is 2.31. The van der Waals surface area contributed by atoms with E-state index in [0.29, 0.717) is 0 Å². The largest absolute Gasteiger partial charge is 0.271 e. The second kappa shape index (κ2) is 3.25. The van der Waals surface area contributed by atoms with Crippen LogP contribution >= 0.6 is 0 Å². The molecule has 0 saturated heterocycles. The van der Waals surface area contributed by atoms with Crippen LogP contribution in [0.2, 0.25) is 0 Å². The predicted octanol–water partition coefficient (Wildman–Crippen LogP) is 0.883. The van der Waals surface area contributed by atoms with E-state index in [1.54, 1.807) is 0 Å². The Morgan fingerprint density at radius 1 is 1.40 bits per heavy atom. The molecule has 0 bridgehead atoms. The van der Waals surface area contributed by atoms with Crippen LogP contribution in [0.3, 0.4) is 0 Å². The summed E-state index contributed by atoms with van der Waals surface area (Å²) in [4.78, 5) is 0. The summed E-state index contributed by atoms with van der Waals surface area (Å²) in [5.74, 6) is 5.06. The first-order valence-corrected chi connectivity index (χ1v) is 3.50. The second-order valence-electron chi connectivity index (χ2n) is 2.72. The molecule has 0 aromatic rings. The van der Waals surface area contributed by atoms with Gasteiger partial charge in [-0.15, -0.1) is 0 Å². The first-order valence-electron chi connectivity index (χ1n) is 3.50. The van der Waals surface area contributed by atoms with Gasteiger partial charge in [0.05, 0.1) is 6.04 Å². The zero-order chi connectivity index (χ0) is 7.56. The van der Waals surface area contributed by atoms with Crippen LogP contribution < -0.4 is 11.3 Å². The van der Waals surface area contributed by atoms with Gasteiger partial charge in [-0.05, 0) is 18.8 Å². The Labute approximate surface area is 58.7 Å². The molecular weight excluding hydrogens is 138 g/mol. The number of hydrogen-bond donors (Lipinski definition) is 2. The third kappa shape index (κ3) is 1.44. The van der Waals surface area contributed by atoms with Gasteiger partial charge < -0.3 is 0 Å². The van der Waals surface area contributed by atoms with Crippen LogP contribution in [0.4, 0.5) is 8.78 Å². The van der Waals surface area contributed by atoms with E-state index in [1.165, 1.54) is 0 Å². The molecule has 1 fully saturated rings. The van der Waals surface area contributed by atoms with E-state index in [4.69, 9.17) is 5.84 Å². The maximum absolute atomic E-state index is 12.0. The van der Waals surface area contributed by atoms with Gasteiger partial charge in [-0.25, -0.2) is 8.78 Å². The lowest BCUT2D eigenvalue weighted by molar-refractivity contribution is 0.0454. The van der Waals surface area contributed by atoms with Crippen LogP contribution in [0.5, 0.6) is 0 Å². The lowest BCUT2D eigenvalue weighted by Crippen LogP contribution is -2.48. The summed E-state index contributed by atoms with van der Waals surface area (Å²) in [5, 5.41) is 0. The normalized spacial score (nSPS) is 22.8. The van der Waals surface area contributed by atoms with Gasteiger partial charge in [-0.2, -0.15) is 0 Å². The second-order valence-corrected chi connectivity index (χ2v) is 2.72. The zero-order valence-corrected chi connectivity index (χ0v) is 5.69. The first-order chi connectivity index (χ1) is 4.75. The molecule has 2 nitrogen and oxygen atoms in total. The molecule has 0 aromatic carbocycles. The molecule has 4 heteroatoms. The summed E-state index contributed by atoms with van der Waals surface area (Å²) >= 11 is 0. The van der Waals surface area contributed by atoms with E-state index in [2.05, 4.69) is 5.43 Å². The van der Waals surface area contributed by atoms with Crippen LogP contribution in [0, 0.1) is 5.92 Å². The van der Waals surface area contributed by atoms with E-state index in [1.807, 2.05) is 0 Å². The smallest absolute Gasteiger partial charge is 0.255 e. The molecule has 0 amide bonds. The Kier molecular flexibility index (Phi) is 2.56. The number of hydrogen-bond acceptors (Lipinski definition) is 2. The van der Waals surface area contributed by atoms with Gasteiger partial charge in [0.2, 0.25) is 0 Å². The van der Waals surface area contributed by atoms with Crippen molar-refractivity contribution in [2.45, 2.75) is 31.7 Å². The van der Waals surface area contributed by atoms with Gasteiger partial charge in [-0.1, -0.05) is 6.42 Å². The van der Waals surface area contributed by atoms with E-state index in [0.717, 1.165) is 19.3 Å². The Morgan fingerprint density at radius 2 is 2.00 bits per heavy atom. The maximum Gasteiger partial charge on any atom is 0.255 e. The predicted molar refractivity (Wildman–Crippen MR) is 34.5 cm³/mol. The third-order valence-electron chi connectivity index (χ3n) is 2.12. The summed E-state index contributed by atoms with van der Waals surface area (Å²) in [6.45, 7) is 0. The van der Waals surface area contributed by atoms with Crippen LogP contribution in [0.25, 0.3) is 0 Å². The fourth-order valence-electron chi connectivity index (χ4n) is 1.21. The van der Waals surface area contributed by atoms with Gasteiger partial charge in [-0.3, -0.25) is 11.3 Å². The molecule has 0 aliphatic heterocycles. The molecule has 0 spiro atoms. The number of nitrogens with one attached hydrogen (secondary N) is 1. The molecule has 1 unspecified atom stereocenters. The van der Waals surface area contributed by atoms with Crippen molar-refractivity contribution in [1.82, 2.24) is 5.43 Å². The SMILES string of the molecule is NNC(C(F)F)C1CCC1. The Balaban J connectivity index is 2.31. The minimum atomic E-state index is -2.32. The lowest BCUT2D eigenvalue weighted by atomic mass is 9.80. The highest BCUT2D eigenvalue weighted by molar-refractivity contribution is 4.82. The van der Waals surface area contributed by atoms with E-state index >= 15 is 0 Å². The number of alkyl halides is 2. The molecule has 0 aromatic heterocycles. The minimum absolute atomic E-state index is 0.102. The molecule has 1 rings (SSSR count). The quantitative estimate of drug-likeness (QED) is 0.463. The molecular formula is C6H12F2N2.